The van der Waals surface area contributed by atoms with Crippen molar-refractivity contribution in [1.82, 2.24) is 15.1 Å². The number of benzene rings is 1. The van der Waals surface area contributed by atoms with E-state index in [0.29, 0.717) is 17.3 Å². The molecule has 0 saturated carbocycles. The van der Waals surface area contributed by atoms with Gasteiger partial charge in [0.15, 0.2) is 6.29 Å². The average molecular weight is 379 g/mol. The van der Waals surface area contributed by atoms with Gasteiger partial charge in [0, 0.05) is 16.9 Å². The first kappa shape index (κ1) is 17.3. The summed E-state index contributed by atoms with van der Waals surface area (Å²) in [6.07, 6.45) is 1.58. The second-order valence-electron chi connectivity index (χ2n) is 6.49. The van der Waals surface area contributed by atoms with Crippen LogP contribution in [0, 0.1) is 6.92 Å². The zero-order valence-electron chi connectivity index (χ0n) is 14.0. The van der Waals surface area contributed by atoms with Gasteiger partial charge in [-0.05, 0) is 30.7 Å². The van der Waals surface area contributed by atoms with Gasteiger partial charge in [-0.1, -0.05) is 17.7 Å². The largest absolute Gasteiger partial charge is 0.388 e. The van der Waals surface area contributed by atoms with Gasteiger partial charge >= 0.3 is 6.03 Å². The number of nitrogens with zero attached hydrogens (tertiary/aromatic N) is 2. The van der Waals surface area contributed by atoms with Crippen LogP contribution in [0.2, 0.25) is 5.02 Å². The van der Waals surface area contributed by atoms with Crippen LogP contribution in [0.15, 0.2) is 36.7 Å². The van der Waals surface area contributed by atoms with Crippen molar-refractivity contribution >= 4 is 23.3 Å². The maximum atomic E-state index is 12.4. The summed E-state index contributed by atoms with van der Waals surface area (Å²) < 4.78 is 13.1. The molecule has 2 fully saturated rings. The third-order valence-electron chi connectivity index (χ3n) is 4.55. The summed E-state index contributed by atoms with van der Waals surface area (Å²) in [5.41, 5.74) is 1.52. The molecule has 2 bridgehead atoms. The number of rotatable bonds is 3. The molecule has 2 saturated heterocycles. The molecule has 8 nitrogen and oxygen atoms in total. The number of halogens is 1. The fourth-order valence-electron chi connectivity index (χ4n) is 3.34. The van der Waals surface area contributed by atoms with E-state index in [9.17, 15) is 9.90 Å². The van der Waals surface area contributed by atoms with Crippen LogP contribution in [0.25, 0.3) is 0 Å². The molecule has 0 unspecified atom stereocenters. The summed E-state index contributed by atoms with van der Waals surface area (Å²) in [5, 5.41) is 21.1. The van der Waals surface area contributed by atoms with E-state index in [1.165, 1.54) is 0 Å². The minimum absolute atomic E-state index is 0.292. The van der Waals surface area contributed by atoms with Crippen molar-refractivity contribution in [3.63, 3.8) is 0 Å². The Labute approximate surface area is 155 Å². The number of nitrogens with one attached hydrogen (secondary N) is 2. The summed E-state index contributed by atoms with van der Waals surface area (Å²) in [6.45, 7) is 2.20. The smallest absolute Gasteiger partial charge is 0.319 e. The molecule has 2 aromatic rings. The Morgan fingerprint density at radius 1 is 1.46 bits per heavy atom. The quantitative estimate of drug-likeness (QED) is 0.755. The Kier molecular flexibility index (Phi) is 4.58. The number of fused-ring (bicyclic) bond motifs is 2. The molecule has 138 valence electrons. The van der Waals surface area contributed by atoms with Crippen molar-refractivity contribution in [3.05, 3.63) is 47.2 Å². The third-order valence-corrected chi connectivity index (χ3v) is 4.78. The Hall–Kier alpha value is -2.13. The van der Waals surface area contributed by atoms with Crippen molar-refractivity contribution in [2.75, 3.05) is 11.9 Å². The van der Waals surface area contributed by atoms with Gasteiger partial charge in [0.1, 0.15) is 18.2 Å². The highest BCUT2D eigenvalue weighted by Gasteiger charge is 2.51. The van der Waals surface area contributed by atoms with Gasteiger partial charge in [0.2, 0.25) is 0 Å². The number of aryl methyl sites for hydroxylation is 1. The Bertz CT molecular complexity index is 814. The van der Waals surface area contributed by atoms with Crippen LogP contribution in [-0.2, 0) is 9.47 Å². The van der Waals surface area contributed by atoms with Crippen LogP contribution in [0.1, 0.15) is 11.6 Å². The van der Waals surface area contributed by atoms with Crippen molar-refractivity contribution in [3.8, 4) is 0 Å². The average Bonchev–Trinajstić information content (AvgIpc) is 3.20. The molecule has 0 radical (unpaired) electrons. The maximum absolute atomic E-state index is 12.4. The number of aromatic nitrogens is 2. The number of amides is 2. The molecule has 1 aromatic carbocycles. The molecule has 3 heterocycles. The monoisotopic (exact) mass is 378 g/mol. The first-order valence-corrected chi connectivity index (χ1v) is 8.68. The molecule has 2 aliphatic heterocycles. The summed E-state index contributed by atoms with van der Waals surface area (Å²) in [4.78, 5) is 12.4. The lowest BCUT2D eigenvalue weighted by molar-refractivity contribution is -0.166. The van der Waals surface area contributed by atoms with Gasteiger partial charge in [0.05, 0.1) is 18.8 Å². The molecule has 4 rings (SSSR count). The molecule has 2 amide bonds. The lowest BCUT2D eigenvalue weighted by Crippen LogP contribution is -2.59. The van der Waals surface area contributed by atoms with E-state index in [4.69, 9.17) is 21.1 Å². The SMILES string of the molecule is Cc1cnn([C@H]2[C@@H]3OC[C@@H](O3)[C@@H](NC(=O)Nc3cccc(Cl)c3)[C@@H]2O)c1. The summed E-state index contributed by atoms with van der Waals surface area (Å²) in [5.74, 6) is 0. The number of urea groups is 1. The van der Waals surface area contributed by atoms with E-state index >= 15 is 0 Å². The van der Waals surface area contributed by atoms with Crippen LogP contribution in [0.3, 0.4) is 0 Å². The standard InChI is InChI=1S/C17H19ClN4O4/c1-9-6-19-22(7-9)14-15(23)13(12-8-25-16(14)26-12)21-17(24)20-11-4-2-3-10(18)5-11/h2-7,12-16,23H,8H2,1H3,(H2,20,21,24)/t12-,13-,14-,15+,16-/m1/s1. The van der Waals surface area contributed by atoms with Crippen LogP contribution < -0.4 is 10.6 Å². The second kappa shape index (κ2) is 6.88. The van der Waals surface area contributed by atoms with Crippen molar-refractivity contribution < 1.29 is 19.4 Å². The first-order valence-electron chi connectivity index (χ1n) is 8.30. The van der Waals surface area contributed by atoms with Crippen LogP contribution in [0.5, 0.6) is 0 Å². The highest BCUT2D eigenvalue weighted by Crippen LogP contribution is 2.35. The fraction of sp³-hybridized carbons (Fsp3) is 0.412. The Morgan fingerprint density at radius 2 is 2.31 bits per heavy atom. The molecule has 0 spiro atoms. The summed E-state index contributed by atoms with van der Waals surface area (Å²) >= 11 is 5.93. The topological polar surface area (TPSA) is 97.6 Å². The summed E-state index contributed by atoms with van der Waals surface area (Å²) in [6, 6.07) is 5.18. The van der Waals surface area contributed by atoms with E-state index in [-0.39, 0.29) is 0 Å². The number of carbonyl (C=O) groups is 1. The van der Waals surface area contributed by atoms with E-state index in [1.807, 2.05) is 13.1 Å². The maximum Gasteiger partial charge on any atom is 0.319 e. The van der Waals surface area contributed by atoms with Crippen LogP contribution >= 0.6 is 11.6 Å². The van der Waals surface area contributed by atoms with Gasteiger partial charge in [-0.15, -0.1) is 0 Å². The highest BCUT2D eigenvalue weighted by atomic mass is 35.5. The molecular formula is C17H19ClN4O4. The number of hydrogen-bond donors (Lipinski definition) is 3. The lowest BCUT2D eigenvalue weighted by atomic mass is 9.96. The highest BCUT2D eigenvalue weighted by molar-refractivity contribution is 6.30. The zero-order valence-corrected chi connectivity index (χ0v) is 14.8. The van der Waals surface area contributed by atoms with Gasteiger partial charge in [-0.3, -0.25) is 4.68 Å². The molecular weight excluding hydrogens is 360 g/mol. The molecule has 2 aliphatic rings. The number of aliphatic hydroxyl groups excluding tert-OH is 1. The van der Waals surface area contributed by atoms with E-state index in [0.717, 1.165) is 5.56 Å². The molecule has 1 aromatic heterocycles. The zero-order chi connectivity index (χ0) is 18.3. The molecule has 3 N–H and O–H groups in total. The molecule has 0 aliphatic carbocycles. The number of ether oxygens (including phenoxy) is 2. The van der Waals surface area contributed by atoms with Crippen molar-refractivity contribution in [2.45, 2.75) is 37.5 Å². The van der Waals surface area contributed by atoms with Crippen LogP contribution in [0.4, 0.5) is 10.5 Å². The Balaban J connectivity index is 1.49. The first-order chi connectivity index (χ1) is 12.5. The predicted molar refractivity (Wildman–Crippen MR) is 94.0 cm³/mol. The minimum atomic E-state index is -0.911. The molecule has 9 heteroatoms. The molecule has 5 atom stereocenters. The van der Waals surface area contributed by atoms with E-state index in [2.05, 4.69) is 15.7 Å². The number of anilines is 1. The van der Waals surface area contributed by atoms with Gasteiger partial charge < -0.3 is 25.2 Å². The van der Waals surface area contributed by atoms with Crippen LogP contribution in [-0.4, -0.2) is 52.1 Å². The summed E-state index contributed by atoms with van der Waals surface area (Å²) in [7, 11) is 0. The van der Waals surface area contributed by atoms with E-state index < -0.39 is 36.6 Å². The van der Waals surface area contributed by atoms with Gasteiger partial charge in [-0.2, -0.15) is 5.10 Å². The number of hydrogen-bond acceptors (Lipinski definition) is 5. The normalized spacial score (nSPS) is 30.2. The Morgan fingerprint density at radius 3 is 3.04 bits per heavy atom. The van der Waals surface area contributed by atoms with Crippen molar-refractivity contribution in [2.24, 2.45) is 0 Å². The second-order valence-corrected chi connectivity index (χ2v) is 6.93. The third kappa shape index (κ3) is 3.28. The number of carbonyl (C=O) groups excluding carboxylic acids is 1. The van der Waals surface area contributed by atoms with Gasteiger partial charge in [-0.25, -0.2) is 4.79 Å². The minimum Gasteiger partial charge on any atom is -0.388 e. The van der Waals surface area contributed by atoms with Gasteiger partial charge in [0.25, 0.3) is 0 Å². The predicted octanol–water partition coefficient (Wildman–Crippen LogP) is 1.69. The molecule has 26 heavy (non-hydrogen) atoms. The lowest BCUT2D eigenvalue weighted by Gasteiger charge is -2.38. The van der Waals surface area contributed by atoms with E-state index in [1.54, 1.807) is 35.1 Å². The number of aliphatic hydroxyl groups is 1. The fourth-order valence-corrected chi connectivity index (χ4v) is 3.53. The van der Waals surface area contributed by atoms with Crippen molar-refractivity contribution in [1.29, 1.82) is 0 Å².